The molecule has 1 unspecified atom stereocenters. The van der Waals surface area contributed by atoms with Gasteiger partial charge in [0.15, 0.2) is 0 Å². The number of nitrogens with zero attached hydrogens (tertiary/aromatic N) is 1. The maximum absolute atomic E-state index is 13.2. The molecule has 0 saturated carbocycles. The fraction of sp³-hybridized carbons (Fsp3) is 0.744. The van der Waals surface area contributed by atoms with Gasteiger partial charge in [-0.05, 0) is 25.0 Å². The zero-order valence-electron chi connectivity index (χ0n) is 33.5. The van der Waals surface area contributed by atoms with Crippen molar-refractivity contribution in [2.75, 3.05) is 157 Å². The molecule has 0 spiro atoms. The van der Waals surface area contributed by atoms with Crippen LogP contribution in [0.5, 0.6) is 0 Å². The second-order valence-corrected chi connectivity index (χ2v) is 12.7. The molecular formula is C39H63N3O15. The molecule has 18 heteroatoms. The van der Waals surface area contributed by atoms with Gasteiger partial charge >= 0.3 is 0 Å². The van der Waals surface area contributed by atoms with E-state index in [-0.39, 0.29) is 24.0 Å². The highest BCUT2D eigenvalue weighted by Crippen LogP contribution is 2.32. The number of amides is 4. The summed E-state index contributed by atoms with van der Waals surface area (Å²) in [4.78, 5) is 50.9. The molecule has 0 aliphatic carbocycles. The van der Waals surface area contributed by atoms with E-state index in [0.717, 1.165) is 24.3 Å². The number of imide groups is 2. The lowest BCUT2D eigenvalue weighted by Crippen LogP contribution is -2.54. The number of anilines is 1. The highest BCUT2D eigenvalue weighted by atomic mass is 16.6. The van der Waals surface area contributed by atoms with Crippen LogP contribution >= 0.6 is 0 Å². The summed E-state index contributed by atoms with van der Waals surface area (Å²) in [5.74, 6) is -2.17. The smallest absolute Gasteiger partial charge is 0.264 e. The summed E-state index contributed by atoms with van der Waals surface area (Å²) in [6.45, 7) is 13.4. The van der Waals surface area contributed by atoms with Crippen molar-refractivity contribution in [3.8, 4) is 0 Å². The van der Waals surface area contributed by atoms with E-state index in [9.17, 15) is 19.2 Å². The van der Waals surface area contributed by atoms with E-state index in [1.807, 2.05) is 0 Å². The van der Waals surface area contributed by atoms with Gasteiger partial charge in [0, 0.05) is 25.3 Å². The quantitative estimate of drug-likeness (QED) is 0.0719. The number of carbonyl (C=O) groups is 4. The first kappa shape index (κ1) is 48.2. The highest BCUT2D eigenvalue weighted by Gasteiger charge is 2.45. The monoisotopic (exact) mass is 813 g/mol. The summed E-state index contributed by atoms with van der Waals surface area (Å²) in [5, 5.41) is 5.33. The number of nitrogens with one attached hydrogen (secondary N) is 2. The Morgan fingerprint density at radius 3 is 1.37 bits per heavy atom. The second-order valence-electron chi connectivity index (χ2n) is 12.7. The minimum Gasteiger partial charge on any atom is -0.382 e. The Hall–Kier alpha value is -3.14. The van der Waals surface area contributed by atoms with Crippen LogP contribution in [-0.4, -0.2) is 186 Å². The predicted molar refractivity (Wildman–Crippen MR) is 206 cm³/mol. The fourth-order valence-corrected chi connectivity index (χ4v) is 5.47. The molecule has 2 heterocycles. The molecule has 1 fully saturated rings. The van der Waals surface area contributed by atoms with Crippen molar-refractivity contribution in [1.82, 2.24) is 10.2 Å². The normalized spacial score (nSPS) is 15.5. The van der Waals surface area contributed by atoms with Crippen molar-refractivity contribution in [2.24, 2.45) is 0 Å². The van der Waals surface area contributed by atoms with Crippen LogP contribution in [0.2, 0.25) is 0 Å². The standard InChI is InChI=1S/C39H63N3O15/c1-2-3-10-47-12-14-49-16-18-51-20-22-53-24-26-55-28-30-57-31-29-56-27-25-54-23-21-52-19-17-50-15-13-48-11-9-40-33-6-4-5-32-36(33)39(46)42(38(32)45)34-7-8-35(43)41-37(34)44/h4-6,34,40H,2-3,7-31H2,1H3,(H,41,43,44). The van der Waals surface area contributed by atoms with Gasteiger partial charge in [0.05, 0.1) is 150 Å². The molecule has 4 amide bonds. The Labute approximate surface area is 335 Å². The number of carbonyl (C=O) groups excluding carboxylic acids is 4. The summed E-state index contributed by atoms with van der Waals surface area (Å²) in [5.41, 5.74) is 0.908. The summed E-state index contributed by atoms with van der Waals surface area (Å²) >= 11 is 0. The summed E-state index contributed by atoms with van der Waals surface area (Å²) in [7, 11) is 0. The molecule has 0 radical (unpaired) electrons. The first-order chi connectivity index (χ1) is 28.0. The molecule has 18 nitrogen and oxygen atoms in total. The van der Waals surface area contributed by atoms with Crippen LogP contribution in [0.1, 0.15) is 53.3 Å². The van der Waals surface area contributed by atoms with Crippen LogP contribution in [0.4, 0.5) is 5.69 Å². The van der Waals surface area contributed by atoms with Crippen molar-refractivity contribution in [3.63, 3.8) is 0 Å². The van der Waals surface area contributed by atoms with Gasteiger partial charge in [0.1, 0.15) is 6.04 Å². The Bertz CT molecular complexity index is 1270. The lowest BCUT2D eigenvalue weighted by Gasteiger charge is -2.27. The van der Waals surface area contributed by atoms with Crippen molar-refractivity contribution in [3.05, 3.63) is 29.3 Å². The average molecular weight is 814 g/mol. The van der Waals surface area contributed by atoms with Crippen molar-refractivity contribution >= 4 is 29.3 Å². The number of fused-ring (bicyclic) bond motifs is 1. The first-order valence-corrected chi connectivity index (χ1v) is 20.0. The molecule has 0 bridgehead atoms. The van der Waals surface area contributed by atoms with Crippen molar-refractivity contribution in [2.45, 2.75) is 38.6 Å². The van der Waals surface area contributed by atoms with Gasteiger partial charge in [-0.1, -0.05) is 19.4 Å². The van der Waals surface area contributed by atoms with Crippen molar-refractivity contribution in [1.29, 1.82) is 0 Å². The van der Waals surface area contributed by atoms with E-state index in [0.29, 0.717) is 151 Å². The number of unbranched alkanes of at least 4 members (excludes halogenated alkanes) is 1. The molecule has 1 atom stereocenters. The number of hydrogen-bond acceptors (Lipinski definition) is 16. The number of piperidine rings is 1. The minimum absolute atomic E-state index is 0.0658. The van der Waals surface area contributed by atoms with Crippen LogP contribution in [0.15, 0.2) is 18.2 Å². The fourth-order valence-electron chi connectivity index (χ4n) is 5.47. The molecule has 2 aliphatic heterocycles. The maximum Gasteiger partial charge on any atom is 0.264 e. The predicted octanol–water partition coefficient (Wildman–Crippen LogP) is 1.48. The van der Waals surface area contributed by atoms with Gasteiger partial charge in [0.25, 0.3) is 11.8 Å². The maximum atomic E-state index is 13.2. The Balaban J connectivity index is 0.995. The number of hydrogen-bond donors (Lipinski definition) is 2. The zero-order valence-corrected chi connectivity index (χ0v) is 33.5. The third-order valence-corrected chi connectivity index (χ3v) is 8.39. The third-order valence-electron chi connectivity index (χ3n) is 8.39. The lowest BCUT2D eigenvalue weighted by molar-refractivity contribution is -0.136. The van der Waals surface area contributed by atoms with E-state index < -0.39 is 29.7 Å². The molecule has 0 aromatic heterocycles. The molecule has 1 aromatic rings. The van der Waals surface area contributed by atoms with Crippen LogP contribution < -0.4 is 10.6 Å². The lowest BCUT2D eigenvalue weighted by atomic mass is 10.0. The Morgan fingerprint density at radius 1 is 0.561 bits per heavy atom. The molecule has 1 aromatic carbocycles. The van der Waals surface area contributed by atoms with Crippen LogP contribution in [0.25, 0.3) is 0 Å². The molecule has 1 saturated heterocycles. The molecular weight excluding hydrogens is 750 g/mol. The number of ether oxygens (including phenoxy) is 11. The Kier molecular flexibility index (Phi) is 26.9. The molecule has 324 valence electrons. The second kappa shape index (κ2) is 31.8. The number of rotatable bonds is 38. The average Bonchev–Trinajstić information content (AvgIpc) is 3.46. The van der Waals surface area contributed by atoms with E-state index in [1.165, 1.54) is 0 Å². The molecule has 2 N–H and O–H groups in total. The van der Waals surface area contributed by atoms with E-state index in [4.69, 9.17) is 52.1 Å². The van der Waals surface area contributed by atoms with Gasteiger partial charge in [-0.3, -0.25) is 29.4 Å². The summed E-state index contributed by atoms with van der Waals surface area (Å²) in [6.07, 6.45) is 2.39. The van der Waals surface area contributed by atoms with Crippen molar-refractivity contribution < 1.29 is 71.3 Å². The minimum atomic E-state index is -1.01. The highest BCUT2D eigenvalue weighted by molar-refractivity contribution is 6.25. The van der Waals surface area contributed by atoms with Crippen LogP contribution in [-0.2, 0) is 61.7 Å². The molecule has 3 rings (SSSR count). The largest absolute Gasteiger partial charge is 0.382 e. The van der Waals surface area contributed by atoms with Gasteiger partial charge in [-0.2, -0.15) is 0 Å². The number of benzene rings is 1. The topological polar surface area (TPSA) is 197 Å². The van der Waals surface area contributed by atoms with E-state index in [2.05, 4.69) is 17.6 Å². The molecule has 2 aliphatic rings. The first-order valence-electron chi connectivity index (χ1n) is 20.0. The van der Waals surface area contributed by atoms with Crippen LogP contribution in [0, 0.1) is 0 Å². The van der Waals surface area contributed by atoms with E-state index in [1.54, 1.807) is 18.2 Å². The van der Waals surface area contributed by atoms with Gasteiger partial charge in [0.2, 0.25) is 11.8 Å². The van der Waals surface area contributed by atoms with Crippen LogP contribution in [0.3, 0.4) is 0 Å². The summed E-state index contributed by atoms with van der Waals surface area (Å²) in [6, 6.07) is 3.91. The third kappa shape index (κ3) is 20.4. The SMILES string of the molecule is CCCCOCCOCCOCCOCCOCCOCCOCCOCCOCCOCCOCCNc1cccc2c1C(=O)N(C1CCC(=O)NC1=O)C2=O. The zero-order chi connectivity index (χ0) is 40.6. The van der Waals surface area contributed by atoms with Gasteiger partial charge in [-0.15, -0.1) is 0 Å². The van der Waals surface area contributed by atoms with Gasteiger partial charge < -0.3 is 57.4 Å². The molecule has 57 heavy (non-hydrogen) atoms. The summed E-state index contributed by atoms with van der Waals surface area (Å²) < 4.78 is 60.4. The Morgan fingerprint density at radius 2 is 0.965 bits per heavy atom. The van der Waals surface area contributed by atoms with E-state index >= 15 is 0 Å². The van der Waals surface area contributed by atoms with Gasteiger partial charge in [-0.25, -0.2) is 0 Å².